The molecule has 1 aliphatic rings. The summed E-state index contributed by atoms with van der Waals surface area (Å²) < 4.78 is 0. The molecule has 0 aliphatic carbocycles. The zero-order chi connectivity index (χ0) is 17.6. The van der Waals surface area contributed by atoms with Gasteiger partial charge in [0, 0.05) is 13.0 Å². The van der Waals surface area contributed by atoms with Gasteiger partial charge in [0.25, 0.3) is 5.91 Å². The summed E-state index contributed by atoms with van der Waals surface area (Å²) in [6.07, 6.45) is 5.61. The fraction of sp³-hybridized carbons (Fsp3) is 0.529. The average molecular weight is 379 g/mol. The number of carbonyl (C=O) groups is 2. The standard InChI is InChI=1S/C17H22N4O2S2/c1-2-3-9-14-19-20-17(25-14)18-15(22)12-7-4-5-10-21(12)16(23)13-8-6-11-24-13/h6,8,11-12H,2-5,7,9-10H2,1H3,(H,18,20,22). The minimum absolute atomic E-state index is 0.0595. The Bertz CT molecular complexity index is 714. The van der Waals surface area contributed by atoms with Crippen molar-refractivity contribution in [1.82, 2.24) is 15.1 Å². The van der Waals surface area contributed by atoms with E-state index in [0.717, 1.165) is 37.1 Å². The molecule has 1 unspecified atom stereocenters. The highest BCUT2D eigenvalue weighted by atomic mass is 32.1. The van der Waals surface area contributed by atoms with E-state index < -0.39 is 6.04 Å². The van der Waals surface area contributed by atoms with E-state index >= 15 is 0 Å². The van der Waals surface area contributed by atoms with Crippen molar-refractivity contribution in [1.29, 1.82) is 0 Å². The van der Waals surface area contributed by atoms with Crippen molar-refractivity contribution in [3.63, 3.8) is 0 Å². The predicted octanol–water partition coefficient (Wildman–Crippen LogP) is 3.58. The van der Waals surface area contributed by atoms with Gasteiger partial charge in [0.05, 0.1) is 4.88 Å². The van der Waals surface area contributed by atoms with Gasteiger partial charge in [0.2, 0.25) is 11.0 Å². The zero-order valence-electron chi connectivity index (χ0n) is 14.2. The van der Waals surface area contributed by atoms with Crippen molar-refractivity contribution in [2.45, 2.75) is 51.5 Å². The number of aryl methyl sites for hydroxylation is 1. The quantitative estimate of drug-likeness (QED) is 0.834. The number of thiophene rings is 1. The van der Waals surface area contributed by atoms with Crippen LogP contribution in [0.1, 0.15) is 53.7 Å². The average Bonchev–Trinajstić information content (AvgIpc) is 3.31. The van der Waals surface area contributed by atoms with Crippen molar-refractivity contribution in [2.24, 2.45) is 0 Å². The summed E-state index contributed by atoms with van der Waals surface area (Å²) in [6, 6.07) is 3.23. The highest BCUT2D eigenvalue weighted by molar-refractivity contribution is 7.15. The lowest BCUT2D eigenvalue weighted by Crippen LogP contribution is -2.49. The number of nitrogens with zero attached hydrogens (tertiary/aromatic N) is 3. The van der Waals surface area contributed by atoms with Crippen LogP contribution in [-0.4, -0.2) is 39.5 Å². The van der Waals surface area contributed by atoms with Crippen LogP contribution in [0.3, 0.4) is 0 Å². The van der Waals surface area contributed by atoms with Crippen LogP contribution in [0.25, 0.3) is 0 Å². The maximum Gasteiger partial charge on any atom is 0.264 e. The van der Waals surface area contributed by atoms with E-state index in [-0.39, 0.29) is 11.8 Å². The number of nitrogens with one attached hydrogen (secondary N) is 1. The molecule has 0 bridgehead atoms. The number of unbranched alkanes of at least 4 members (excludes halogenated alkanes) is 1. The molecular formula is C17H22N4O2S2. The summed E-state index contributed by atoms with van der Waals surface area (Å²) >= 11 is 2.83. The molecule has 0 aromatic carbocycles. The lowest BCUT2D eigenvalue weighted by atomic mass is 10.0. The van der Waals surface area contributed by atoms with E-state index in [0.29, 0.717) is 23.0 Å². The Balaban J connectivity index is 1.66. The van der Waals surface area contributed by atoms with Gasteiger partial charge in [0.15, 0.2) is 0 Å². The molecule has 1 fully saturated rings. The number of carbonyl (C=O) groups excluding carboxylic acids is 2. The monoisotopic (exact) mass is 378 g/mol. The fourth-order valence-corrected chi connectivity index (χ4v) is 4.37. The molecule has 6 nitrogen and oxygen atoms in total. The molecule has 134 valence electrons. The number of piperidine rings is 1. The largest absolute Gasteiger partial charge is 0.326 e. The first kappa shape index (κ1) is 18.0. The molecule has 0 saturated carbocycles. The van der Waals surface area contributed by atoms with Crippen LogP contribution in [0.4, 0.5) is 5.13 Å². The third kappa shape index (κ3) is 4.43. The first-order valence-corrected chi connectivity index (χ1v) is 10.4. The summed E-state index contributed by atoms with van der Waals surface area (Å²) in [5.41, 5.74) is 0. The Hall–Kier alpha value is -1.80. The van der Waals surface area contributed by atoms with Crippen molar-refractivity contribution in [3.05, 3.63) is 27.4 Å². The maximum absolute atomic E-state index is 12.7. The lowest BCUT2D eigenvalue weighted by molar-refractivity contribution is -0.121. The minimum Gasteiger partial charge on any atom is -0.326 e. The normalized spacial score (nSPS) is 17.5. The molecule has 1 aliphatic heterocycles. The van der Waals surface area contributed by atoms with Gasteiger partial charge >= 0.3 is 0 Å². The van der Waals surface area contributed by atoms with Gasteiger partial charge in [-0.3, -0.25) is 14.9 Å². The summed E-state index contributed by atoms with van der Waals surface area (Å²) in [6.45, 7) is 2.75. The van der Waals surface area contributed by atoms with Crippen LogP contribution in [0.15, 0.2) is 17.5 Å². The number of hydrogen-bond donors (Lipinski definition) is 1. The summed E-state index contributed by atoms with van der Waals surface area (Å²) in [7, 11) is 0. The molecule has 0 radical (unpaired) electrons. The first-order chi connectivity index (χ1) is 12.2. The first-order valence-electron chi connectivity index (χ1n) is 8.66. The van der Waals surface area contributed by atoms with Gasteiger partial charge in [-0.1, -0.05) is 30.7 Å². The molecule has 2 aromatic heterocycles. The Kier molecular flexibility index (Phi) is 6.14. The number of anilines is 1. The van der Waals surface area contributed by atoms with Gasteiger partial charge in [0.1, 0.15) is 11.0 Å². The van der Waals surface area contributed by atoms with Crippen LogP contribution in [0.2, 0.25) is 0 Å². The molecule has 8 heteroatoms. The lowest BCUT2D eigenvalue weighted by Gasteiger charge is -2.34. The van der Waals surface area contributed by atoms with Crippen molar-refractivity contribution in [2.75, 3.05) is 11.9 Å². The zero-order valence-corrected chi connectivity index (χ0v) is 15.9. The van der Waals surface area contributed by atoms with Crippen LogP contribution >= 0.6 is 22.7 Å². The Morgan fingerprint density at radius 1 is 1.36 bits per heavy atom. The second-order valence-corrected chi connectivity index (χ2v) is 8.09. The topological polar surface area (TPSA) is 75.2 Å². The summed E-state index contributed by atoms with van der Waals surface area (Å²) in [5, 5.41) is 14.4. The van der Waals surface area contributed by atoms with Gasteiger partial charge in [-0.05, 0) is 37.1 Å². The van der Waals surface area contributed by atoms with Crippen LogP contribution in [0.5, 0.6) is 0 Å². The molecule has 1 N–H and O–H groups in total. The van der Waals surface area contributed by atoms with Crippen molar-refractivity contribution in [3.8, 4) is 0 Å². The second kappa shape index (κ2) is 8.53. The number of aromatic nitrogens is 2. The second-order valence-electron chi connectivity index (χ2n) is 6.08. The number of rotatable bonds is 6. The van der Waals surface area contributed by atoms with Crippen molar-refractivity contribution >= 4 is 39.6 Å². The number of amides is 2. The third-order valence-corrected chi connectivity index (χ3v) is 6.00. The Morgan fingerprint density at radius 2 is 2.24 bits per heavy atom. The predicted molar refractivity (Wildman–Crippen MR) is 100 cm³/mol. The van der Waals surface area contributed by atoms with E-state index in [1.807, 2.05) is 11.4 Å². The van der Waals surface area contributed by atoms with Crippen LogP contribution < -0.4 is 5.32 Å². The molecule has 1 atom stereocenters. The van der Waals surface area contributed by atoms with E-state index in [1.54, 1.807) is 11.0 Å². The van der Waals surface area contributed by atoms with Crippen LogP contribution in [-0.2, 0) is 11.2 Å². The Labute approximate surface area is 155 Å². The van der Waals surface area contributed by atoms with E-state index in [1.165, 1.54) is 22.7 Å². The molecular weight excluding hydrogens is 356 g/mol. The Morgan fingerprint density at radius 3 is 3.00 bits per heavy atom. The third-order valence-electron chi connectivity index (χ3n) is 4.24. The maximum atomic E-state index is 12.7. The summed E-state index contributed by atoms with van der Waals surface area (Å²) in [4.78, 5) is 27.8. The highest BCUT2D eigenvalue weighted by Gasteiger charge is 2.33. The fourth-order valence-electron chi connectivity index (χ4n) is 2.91. The molecule has 2 amide bonds. The number of likely N-dealkylation sites (tertiary alicyclic amines) is 1. The van der Waals surface area contributed by atoms with Gasteiger partial charge in [-0.15, -0.1) is 21.5 Å². The summed E-state index contributed by atoms with van der Waals surface area (Å²) in [5.74, 6) is -0.224. The van der Waals surface area contributed by atoms with Crippen molar-refractivity contribution < 1.29 is 9.59 Å². The molecule has 1 saturated heterocycles. The van der Waals surface area contributed by atoms with E-state index in [9.17, 15) is 9.59 Å². The van der Waals surface area contributed by atoms with Gasteiger partial charge in [-0.2, -0.15) is 0 Å². The van der Waals surface area contributed by atoms with Crippen LogP contribution in [0, 0.1) is 0 Å². The molecule has 2 aromatic rings. The highest BCUT2D eigenvalue weighted by Crippen LogP contribution is 2.24. The molecule has 25 heavy (non-hydrogen) atoms. The van der Waals surface area contributed by atoms with Gasteiger partial charge < -0.3 is 4.90 Å². The smallest absolute Gasteiger partial charge is 0.264 e. The van der Waals surface area contributed by atoms with Gasteiger partial charge in [-0.25, -0.2) is 0 Å². The SMILES string of the molecule is CCCCc1nnc(NC(=O)C2CCCCN2C(=O)c2cccs2)s1. The van der Waals surface area contributed by atoms with E-state index in [4.69, 9.17) is 0 Å². The minimum atomic E-state index is -0.439. The molecule has 3 rings (SSSR count). The molecule has 3 heterocycles. The van der Waals surface area contributed by atoms with E-state index in [2.05, 4.69) is 22.4 Å². The number of hydrogen-bond acceptors (Lipinski definition) is 6. The molecule has 0 spiro atoms.